The number of pyridine rings is 1. The van der Waals surface area contributed by atoms with Gasteiger partial charge in [-0.1, -0.05) is 6.92 Å². The number of alkyl halides is 3. The minimum atomic E-state index is -4.55. The van der Waals surface area contributed by atoms with Gasteiger partial charge in [0, 0.05) is 0 Å². The van der Waals surface area contributed by atoms with Gasteiger partial charge in [0.1, 0.15) is 11.5 Å². The molecule has 100 valence electrons. The molecular formula is C11H14F3N3O. The summed E-state index contributed by atoms with van der Waals surface area (Å²) in [5.41, 5.74) is 4.27. The van der Waals surface area contributed by atoms with Crippen molar-refractivity contribution in [2.24, 2.45) is 5.73 Å². The van der Waals surface area contributed by atoms with Gasteiger partial charge in [0.05, 0.1) is 11.7 Å². The summed E-state index contributed by atoms with van der Waals surface area (Å²) in [4.78, 5) is 3.39. The molecule has 1 aromatic rings. The van der Waals surface area contributed by atoms with E-state index in [0.717, 1.165) is 12.1 Å². The summed E-state index contributed by atoms with van der Waals surface area (Å²) in [6.07, 6.45) is -4.25. The SMILES string of the molecule is CCC(C)Oc1nc(C(F)(F)F)ccc1C(=N)N. The van der Waals surface area contributed by atoms with Crippen LogP contribution in [0, 0.1) is 5.41 Å². The van der Waals surface area contributed by atoms with Crippen molar-refractivity contribution in [2.75, 3.05) is 0 Å². The second kappa shape index (κ2) is 5.24. The van der Waals surface area contributed by atoms with Gasteiger partial charge in [-0.05, 0) is 25.5 Å². The van der Waals surface area contributed by atoms with Gasteiger partial charge in [0.25, 0.3) is 0 Å². The molecule has 0 aromatic carbocycles. The number of ether oxygens (including phenoxy) is 1. The summed E-state index contributed by atoms with van der Waals surface area (Å²) in [5.74, 6) is -0.638. The molecule has 0 fully saturated rings. The van der Waals surface area contributed by atoms with Crippen molar-refractivity contribution in [1.29, 1.82) is 5.41 Å². The van der Waals surface area contributed by atoms with E-state index in [9.17, 15) is 13.2 Å². The van der Waals surface area contributed by atoms with E-state index in [2.05, 4.69) is 4.98 Å². The predicted octanol–water partition coefficient (Wildman–Crippen LogP) is 2.56. The van der Waals surface area contributed by atoms with Gasteiger partial charge in [-0.25, -0.2) is 4.98 Å². The Balaban J connectivity index is 3.20. The summed E-state index contributed by atoms with van der Waals surface area (Å²) < 4.78 is 42.8. The van der Waals surface area contributed by atoms with Crippen molar-refractivity contribution in [1.82, 2.24) is 4.98 Å². The summed E-state index contributed by atoms with van der Waals surface area (Å²) in [5, 5.41) is 7.28. The highest BCUT2D eigenvalue weighted by molar-refractivity contribution is 5.97. The number of hydrogen-bond donors (Lipinski definition) is 2. The van der Waals surface area contributed by atoms with Crippen molar-refractivity contribution in [3.8, 4) is 5.88 Å². The molecule has 1 unspecified atom stereocenters. The largest absolute Gasteiger partial charge is 0.474 e. The molecule has 1 aromatic heterocycles. The smallest absolute Gasteiger partial charge is 0.433 e. The van der Waals surface area contributed by atoms with Crippen LogP contribution in [0.5, 0.6) is 5.88 Å². The number of hydrogen-bond acceptors (Lipinski definition) is 3. The van der Waals surface area contributed by atoms with Crippen molar-refractivity contribution < 1.29 is 17.9 Å². The van der Waals surface area contributed by atoms with E-state index in [4.69, 9.17) is 15.9 Å². The van der Waals surface area contributed by atoms with Gasteiger partial charge in [-0.2, -0.15) is 13.2 Å². The Morgan fingerprint density at radius 2 is 2.11 bits per heavy atom. The minimum absolute atomic E-state index is 0.0586. The third-order valence-electron chi connectivity index (χ3n) is 2.33. The van der Waals surface area contributed by atoms with Crippen LogP contribution in [0.15, 0.2) is 12.1 Å². The lowest BCUT2D eigenvalue weighted by Crippen LogP contribution is -2.20. The number of halogens is 3. The quantitative estimate of drug-likeness (QED) is 0.646. The number of aromatic nitrogens is 1. The fourth-order valence-electron chi connectivity index (χ4n) is 1.17. The zero-order valence-electron chi connectivity index (χ0n) is 10.0. The van der Waals surface area contributed by atoms with E-state index in [1.54, 1.807) is 6.92 Å². The third-order valence-corrected chi connectivity index (χ3v) is 2.33. The van der Waals surface area contributed by atoms with Crippen LogP contribution in [0.25, 0.3) is 0 Å². The molecule has 0 amide bonds. The standard InChI is InChI=1S/C11H14F3N3O/c1-3-6(2)18-10-7(9(15)16)4-5-8(17-10)11(12,13)14/h4-6H,3H2,1-2H3,(H3,15,16). The molecule has 0 radical (unpaired) electrons. The zero-order valence-corrected chi connectivity index (χ0v) is 10.0. The molecule has 1 heterocycles. The first-order valence-electron chi connectivity index (χ1n) is 5.35. The molecule has 0 saturated heterocycles. The van der Waals surface area contributed by atoms with Crippen molar-refractivity contribution >= 4 is 5.84 Å². The molecule has 1 rings (SSSR count). The number of nitrogens with two attached hydrogens (primary N) is 1. The zero-order chi connectivity index (χ0) is 13.9. The van der Waals surface area contributed by atoms with Gasteiger partial charge in [0.15, 0.2) is 0 Å². The first-order valence-corrected chi connectivity index (χ1v) is 5.35. The highest BCUT2D eigenvalue weighted by Crippen LogP contribution is 2.30. The van der Waals surface area contributed by atoms with Crippen molar-refractivity contribution in [3.63, 3.8) is 0 Å². The van der Waals surface area contributed by atoms with Crippen molar-refractivity contribution in [2.45, 2.75) is 32.5 Å². The van der Waals surface area contributed by atoms with E-state index in [1.807, 2.05) is 6.92 Å². The summed E-state index contributed by atoms with van der Waals surface area (Å²) >= 11 is 0. The van der Waals surface area contributed by atoms with Crippen LogP contribution in [0.3, 0.4) is 0 Å². The highest BCUT2D eigenvalue weighted by atomic mass is 19.4. The maximum absolute atomic E-state index is 12.5. The van der Waals surface area contributed by atoms with E-state index < -0.39 is 11.9 Å². The number of nitrogens with zero attached hydrogens (tertiary/aromatic N) is 1. The Labute approximate surface area is 102 Å². The molecule has 0 aliphatic heterocycles. The Hall–Kier alpha value is -1.79. The van der Waals surface area contributed by atoms with E-state index in [1.165, 1.54) is 0 Å². The summed E-state index contributed by atoms with van der Waals surface area (Å²) in [6.45, 7) is 3.53. The maximum Gasteiger partial charge on any atom is 0.433 e. The van der Waals surface area contributed by atoms with E-state index in [0.29, 0.717) is 6.42 Å². The Kier molecular flexibility index (Phi) is 4.15. The first kappa shape index (κ1) is 14.3. The number of nitrogens with one attached hydrogen (secondary N) is 1. The molecule has 1 atom stereocenters. The molecule has 0 aliphatic carbocycles. The van der Waals surface area contributed by atoms with Crippen LogP contribution in [0.4, 0.5) is 13.2 Å². The second-order valence-corrected chi connectivity index (χ2v) is 3.80. The summed E-state index contributed by atoms with van der Waals surface area (Å²) in [6, 6.07) is 1.87. The Morgan fingerprint density at radius 3 is 2.56 bits per heavy atom. The van der Waals surface area contributed by atoms with Gasteiger partial charge in [-0.15, -0.1) is 0 Å². The highest BCUT2D eigenvalue weighted by Gasteiger charge is 2.33. The first-order chi connectivity index (χ1) is 8.25. The topological polar surface area (TPSA) is 72.0 Å². The average molecular weight is 261 g/mol. The van der Waals surface area contributed by atoms with Crippen LogP contribution < -0.4 is 10.5 Å². The lowest BCUT2D eigenvalue weighted by molar-refractivity contribution is -0.141. The molecule has 0 spiro atoms. The van der Waals surface area contributed by atoms with E-state index in [-0.39, 0.29) is 23.4 Å². The fourth-order valence-corrected chi connectivity index (χ4v) is 1.17. The minimum Gasteiger partial charge on any atom is -0.474 e. The molecule has 7 heteroatoms. The lowest BCUT2D eigenvalue weighted by atomic mass is 10.2. The molecule has 4 nitrogen and oxygen atoms in total. The molecule has 18 heavy (non-hydrogen) atoms. The van der Waals surface area contributed by atoms with Crippen molar-refractivity contribution in [3.05, 3.63) is 23.4 Å². The molecule has 0 saturated carbocycles. The van der Waals surface area contributed by atoms with Crippen LogP contribution in [0.1, 0.15) is 31.5 Å². The van der Waals surface area contributed by atoms with Gasteiger partial charge >= 0.3 is 6.18 Å². The monoisotopic (exact) mass is 261 g/mol. The molecule has 0 bridgehead atoms. The maximum atomic E-state index is 12.5. The number of rotatable bonds is 4. The van der Waals surface area contributed by atoms with E-state index >= 15 is 0 Å². The lowest BCUT2D eigenvalue weighted by Gasteiger charge is -2.16. The van der Waals surface area contributed by atoms with Crippen LogP contribution >= 0.6 is 0 Å². The second-order valence-electron chi connectivity index (χ2n) is 3.80. The fraction of sp³-hybridized carbons (Fsp3) is 0.455. The normalized spacial score (nSPS) is 13.2. The summed E-state index contributed by atoms with van der Waals surface area (Å²) in [7, 11) is 0. The Morgan fingerprint density at radius 1 is 1.50 bits per heavy atom. The van der Waals surface area contributed by atoms with Crippen LogP contribution in [0.2, 0.25) is 0 Å². The average Bonchev–Trinajstić information content (AvgIpc) is 2.27. The van der Waals surface area contributed by atoms with Crippen LogP contribution in [-0.2, 0) is 6.18 Å². The number of amidine groups is 1. The third kappa shape index (κ3) is 3.35. The molecular weight excluding hydrogens is 247 g/mol. The Bertz CT molecular complexity index is 446. The van der Waals surface area contributed by atoms with Gasteiger partial charge < -0.3 is 10.5 Å². The predicted molar refractivity (Wildman–Crippen MR) is 60.6 cm³/mol. The van der Waals surface area contributed by atoms with Gasteiger partial charge in [-0.3, -0.25) is 5.41 Å². The molecule has 3 N–H and O–H groups in total. The number of nitrogen functional groups attached to an aromatic ring is 1. The van der Waals surface area contributed by atoms with Crippen LogP contribution in [-0.4, -0.2) is 16.9 Å². The van der Waals surface area contributed by atoms with Gasteiger partial charge in [0.2, 0.25) is 5.88 Å². The molecule has 0 aliphatic rings.